The summed E-state index contributed by atoms with van der Waals surface area (Å²) in [5.41, 5.74) is 1.13. The molecular weight excluding hydrogens is 272 g/mol. The van der Waals surface area contributed by atoms with Gasteiger partial charge in [-0.1, -0.05) is 47.9 Å². The van der Waals surface area contributed by atoms with Gasteiger partial charge in [-0.2, -0.15) is 0 Å². The number of nitrogens with zero attached hydrogens (tertiary/aromatic N) is 1. The Labute approximate surface area is 113 Å². The zero-order chi connectivity index (χ0) is 12.0. The van der Waals surface area contributed by atoms with Crippen LogP contribution in [0.2, 0.25) is 0 Å². The molecule has 2 aliphatic rings. The zero-order valence-electron chi connectivity index (χ0n) is 8.89. The Hall–Kier alpha value is -0.980. The van der Waals surface area contributed by atoms with Gasteiger partial charge in [-0.15, -0.1) is 0 Å². The topological polar surface area (TPSA) is 32.3 Å². The predicted molar refractivity (Wildman–Crippen MR) is 76.1 cm³/mol. The van der Waals surface area contributed by atoms with Gasteiger partial charge in [0, 0.05) is 11.9 Å². The van der Waals surface area contributed by atoms with Crippen LogP contribution >= 0.6 is 35.7 Å². The highest BCUT2D eigenvalue weighted by Gasteiger charge is 2.32. The summed E-state index contributed by atoms with van der Waals surface area (Å²) in [6, 6.07) is 8.10. The van der Waals surface area contributed by atoms with Crippen LogP contribution in [0.1, 0.15) is 0 Å². The molecule has 0 atom stereocenters. The summed E-state index contributed by atoms with van der Waals surface area (Å²) in [4.78, 5) is 15.7. The molecule has 0 aromatic heterocycles. The lowest BCUT2D eigenvalue weighted by Gasteiger charge is -2.14. The van der Waals surface area contributed by atoms with E-state index in [1.807, 2.05) is 30.1 Å². The standard InChI is InChI=1S/C11H8N2OS3/c1-13-6-4-2-3-5-7(6)16-10(13)8-9(14)12-11(15)17-8/h2-5H,1H3,(H,12,14,15). The highest BCUT2D eigenvalue weighted by Crippen LogP contribution is 2.48. The van der Waals surface area contributed by atoms with Gasteiger partial charge in [0.25, 0.3) is 5.91 Å². The monoisotopic (exact) mass is 280 g/mol. The van der Waals surface area contributed by atoms with E-state index < -0.39 is 0 Å². The molecule has 3 rings (SSSR count). The Morgan fingerprint density at radius 1 is 1.29 bits per heavy atom. The second-order valence-corrected chi connectivity index (χ2v) is 6.32. The summed E-state index contributed by atoms with van der Waals surface area (Å²) in [6.07, 6.45) is 0. The van der Waals surface area contributed by atoms with Gasteiger partial charge in [0.15, 0.2) is 0 Å². The molecule has 0 radical (unpaired) electrons. The molecule has 0 aliphatic carbocycles. The van der Waals surface area contributed by atoms with Crippen LogP contribution in [0.5, 0.6) is 0 Å². The van der Waals surface area contributed by atoms with Crippen LogP contribution in [0.4, 0.5) is 5.69 Å². The Morgan fingerprint density at radius 3 is 2.71 bits per heavy atom. The summed E-state index contributed by atoms with van der Waals surface area (Å²) in [6.45, 7) is 0. The van der Waals surface area contributed by atoms with Gasteiger partial charge >= 0.3 is 0 Å². The molecule has 0 unspecified atom stereocenters. The number of hydrogen-bond acceptors (Lipinski definition) is 5. The number of carbonyl (C=O) groups excluding carboxylic acids is 1. The number of carbonyl (C=O) groups is 1. The van der Waals surface area contributed by atoms with Crippen molar-refractivity contribution in [3.05, 3.63) is 34.2 Å². The van der Waals surface area contributed by atoms with Crippen molar-refractivity contribution in [3.8, 4) is 0 Å². The fourth-order valence-corrected chi connectivity index (χ4v) is 4.13. The second-order valence-electron chi connectivity index (χ2n) is 3.61. The number of nitrogens with one attached hydrogen (secondary N) is 1. The SMILES string of the molecule is CN1C(=C2SC(=S)NC2=O)Sc2ccccc21. The lowest BCUT2D eigenvalue weighted by Crippen LogP contribution is -2.20. The molecule has 0 saturated carbocycles. The molecule has 0 bridgehead atoms. The van der Waals surface area contributed by atoms with E-state index in [-0.39, 0.29) is 5.91 Å². The summed E-state index contributed by atoms with van der Waals surface area (Å²) < 4.78 is 0.530. The van der Waals surface area contributed by atoms with E-state index >= 15 is 0 Å². The van der Waals surface area contributed by atoms with Gasteiger partial charge in [-0.25, -0.2) is 0 Å². The molecule has 3 nitrogen and oxygen atoms in total. The quantitative estimate of drug-likeness (QED) is 0.583. The molecule has 2 aliphatic heterocycles. The first kappa shape index (κ1) is 11.1. The minimum atomic E-state index is -0.0952. The Bertz CT molecular complexity index is 568. The number of para-hydroxylation sites is 1. The average molecular weight is 280 g/mol. The Kier molecular flexibility index (Phi) is 2.65. The number of rotatable bonds is 0. The van der Waals surface area contributed by atoms with Gasteiger partial charge in [0.05, 0.1) is 10.7 Å². The molecule has 1 aromatic rings. The molecule has 1 aromatic carbocycles. The third-order valence-electron chi connectivity index (χ3n) is 2.55. The molecule has 1 N–H and O–H groups in total. The minimum Gasteiger partial charge on any atom is -0.337 e. The van der Waals surface area contributed by atoms with E-state index in [1.54, 1.807) is 11.8 Å². The van der Waals surface area contributed by atoms with Crippen LogP contribution < -0.4 is 10.2 Å². The smallest absolute Gasteiger partial charge is 0.266 e. The van der Waals surface area contributed by atoms with Gasteiger partial charge in [0.1, 0.15) is 9.23 Å². The fraction of sp³-hybridized carbons (Fsp3) is 0.0909. The number of anilines is 1. The first-order valence-corrected chi connectivity index (χ1v) is 6.99. The average Bonchev–Trinajstić information content (AvgIpc) is 2.80. The predicted octanol–water partition coefficient (Wildman–Crippen LogP) is 2.55. The highest BCUT2D eigenvalue weighted by atomic mass is 32.2. The van der Waals surface area contributed by atoms with Crippen LogP contribution in [-0.2, 0) is 4.79 Å². The van der Waals surface area contributed by atoms with Crippen molar-refractivity contribution in [2.24, 2.45) is 0 Å². The van der Waals surface area contributed by atoms with Crippen LogP contribution in [-0.4, -0.2) is 17.3 Å². The third-order valence-corrected chi connectivity index (χ3v) is 5.14. The van der Waals surface area contributed by atoms with Gasteiger partial charge in [0.2, 0.25) is 0 Å². The van der Waals surface area contributed by atoms with Crippen molar-refractivity contribution in [3.63, 3.8) is 0 Å². The van der Waals surface area contributed by atoms with Crippen LogP contribution in [0.3, 0.4) is 0 Å². The summed E-state index contributed by atoms with van der Waals surface area (Å²) in [5, 5.41) is 3.60. The number of hydrogen-bond donors (Lipinski definition) is 1. The van der Waals surface area contributed by atoms with Crippen molar-refractivity contribution in [2.45, 2.75) is 4.90 Å². The van der Waals surface area contributed by atoms with Crippen molar-refractivity contribution in [2.75, 3.05) is 11.9 Å². The number of amides is 1. The van der Waals surface area contributed by atoms with Gasteiger partial charge in [-0.05, 0) is 12.1 Å². The van der Waals surface area contributed by atoms with Crippen LogP contribution in [0.25, 0.3) is 0 Å². The summed E-state index contributed by atoms with van der Waals surface area (Å²) >= 11 is 7.95. The lowest BCUT2D eigenvalue weighted by molar-refractivity contribution is -0.115. The molecular formula is C11H8N2OS3. The molecule has 1 saturated heterocycles. The highest BCUT2D eigenvalue weighted by molar-refractivity contribution is 8.27. The normalized spacial score (nSPS) is 23.0. The van der Waals surface area contributed by atoms with Crippen molar-refractivity contribution >= 4 is 51.7 Å². The van der Waals surface area contributed by atoms with Crippen LogP contribution in [0.15, 0.2) is 39.1 Å². The Balaban J connectivity index is 2.07. The number of benzene rings is 1. The third kappa shape index (κ3) is 1.76. The van der Waals surface area contributed by atoms with E-state index in [0.717, 1.165) is 10.7 Å². The maximum Gasteiger partial charge on any atom is 0.266 e. The van der Waals surface area contributed by atoms with Crippen molar-refractivity contribution < 1.29 is 4.79 Å². The van der Waals surface area contributed by atoms with Crippen LogP contribution in [0, 0.1) is 0 Å². The molecule has 1 amide bonds. The second kappa shape index (κ2) is 4.04. The van der Waals surface area contributed by atoms with Gasteiger partial charge < -0.3 is 10.2 Å². The lowest BCUT2D eigenvalue weighted by atomic mass is 10.3. The summed E-state index contributed by atoms with van der Waals surface area (Å²) in [7, 11) is 1.97. The van der Waals surface area contributed by atoms with E-state index in [9.17, 15) is 4.79 Å². The fourth-order valence-electron chi connectivity index (χ4n) is 1.76. The maximum absolute atomic E-state index is 11.8. The molecule has 0 spiro atoms. The minimum absolute atomic E-state index is 0.0952. The van der Waals surface area contributed by atoms with E-state index in [1.165, 1.54) is 16.7 Å². The largest absolute Gasteiger partial charge is 0.337 e. The molecule has 86 valence electrons. The number of thioether (sulfide) groups is 2. The first-order chi connectivity index (χ1) is 8.16. The maximum atomic E-state index is 11.8. The van der Waals surface area contributed by atoms with Crippen molar-refractivity contribution in [1.29, 1.82) is 0 Å². The van der Waals surface area contributed by atoms with E-state index in [4.69, 9.17) is 12.2 Å². The first-order valence-electron chi connectivity index (χ1n) is 4.95. The molecule has 6 heteroatoms. The van der Waals surface area contributed by atoms with E-state index in [2.05, 4.69) is 11.4 Å². The molecule has 2 heterocycles. The molecule has 17 heavy (non-hydrogen) atoms. The molecule has 1 fully saturated rings. The van der Waals surface area contributed by atoms with Gasteiger partial charge in [-0.3, -0.25) is 4.79 Å². The number of fused-ring (bicyclic) bond motifs is 1. The Morgan fingerprint density at radius 2 is 2.06 bits per heavy atom. The summed E-state index contributed by atoms with van der Waals surface area (Å²) in [5.74, 6) is -0.0952. The van der Waals surface area contributed by atoms with E-state index in [0.29, 0.717) is 9.23 Å². The van der Waals surface area contributed by atoms with Crippen molar-refractivity contribution in [1.82, 2.24) is 5.32 Å². The number of thiocarbonyl (C=S) groups is 1. The zero-order valence-corrected chi connectivity index (χ0v) is 11.3.